The molecule has 8 heteroatoms. The summed E-state index contributed by atoms with van der Waals surface area (Å²) >= 11 is 1.46. The van der Waals surface area contributed by atoms with Crippen LogP contribution in [0, 0.1) is 6.92 Å². The van der Waals surface area contributed by atoms with Gasteiger partial charge in [-0.05, 0) is 55.1 Å². The van der Waals surface area contributed by atoms with Crippen LogP contribution >= 0.6 is 11.3 Å². The van der Waals surface area contributed by atoms with Gasteiger partial charge in [-0.1, -0.05) is 12.1 Å². The molecule has 5 rings (SSSR count). The summed E-state index contributed by atoms with van der Waals surface area (Å²) in [7, 11) is 1.62. The highest BCUT2D eigenvalue weighted by Crippen LogP contribution is 2.35. The highest BCUT2D eigenvalue weighted by atomic mass is 32.1. The maximum atomic E-state index is 12.9. The normalized spacial score (nSPS) is 16.1. The van der Waals surface area contributed by atoms with Gasteiger partial charge in [-0.3, -0.25) is 9.36 Å². The number of benzene rings is 2. The highest BCUT2D eigenvalue weighted by Gasteiger charge is 2.26. The second-order valence-corrected chi connectivity index (χ2v) is 9.16. The lowest BCUT2D eigenvalue weighted by Gasteiger charge is -2.13. The summed E-state index contributed by atoms with van der Waals surface area (Å²) in [6.07, 6.45) is 0.204. The number of aryl methyl sites for hydroxylation is 1. The molecule has 32 heavy (non-hydrogen) atoms. The SMILES string of the molecule is CNC(=O)n1c(C)cc2cc(Nc3cccc4cc(C(=O)N5CC[C@@H](O)C5)sc34)ccc21. The Hall–Kier alpha value is -3.36. The third-order valence-corrected chi connectivity index (χ3v) is 7.06. The summed E-state index contributed by atoms with van der Waals surface area (Å²) < 4.78 is 2.67. The third kappa shape index (κ3) is 3.51. The van der Waals surface area contributed by atoms with Gasteiger partial charge in [0.1, 0.15) is 0 Å². The molecule has 0 unspecified atom stereocenters. The second-order valence-electron chi connectivity index (χ2n) is 8.10. The molecule has 0 radical (unpaired) electrons. The Balaban J connectivity index is 1.46. The lowest BCUT2D eigenvalue weighted by Crippen LogP contribution is -2.28. The molecule has 1 saturated heterocycles. The fourth-order valence-corrected chi connectivity index (χ4v) is 5.41. The number of fused-ring (bicyclic) bond motifs is 2. The van der Waals surface area contributed by atoms with Crippen molar-refractivity contribution in [1.29, 1.82) is 0 Å². The smallest absolute Gasteiger partial charge is 0.325 e. The molecule has 3 N–H and O–H groups in total. The zero-order valence-corrected chi connectivity index (χ0v) is 18.7. The van der Waals surface area contributed by atoms with E-state index >= 15 is 0 Å². The van der Waals surface area contributed by atoms with Gasteiger partial charge in [-0.15, -0.1) is 11.3 Å². The molecule has 0 aliphatic carbocycles. The van der Waals surface area contributed by atoms with Crippen molar-refractivity contribution in [3.8, 4) is 0 Å². The average Bonchev–Trinajstić information content (AvgIpc) is 3.49. The molecule has 164 valence electrons. The third-order valence-electron chi connectivity index (χ3n) is 5.89. The molecule has 1 atom stereocenters. The van der Waals surface area contributed by atoms with E-state index in [4.69, 9.17) is 0 Å². The van der Waals surface area contributed by atoms with E-state index in [1.54, 1.807) is 16.5 Å². The largest absolute Gasteiger partial charge is 0.391 e. The number of carbonyl (C=O) groups is 2. The molecule has 2 aromatic heterocycles. The number of thiophene rings is 1. The predicted molar refractivity (Wildman–Crippen MR) is 128 cm³/mol. The molecule has 2 amide bonds. The topological polar surface area (TPSA) is 86.6 Å². The maximum Gasteiger partial charge on any atom is 0.325 e. The van der Waals surface area contributed by atoms with Crippen LogP contribution in [0.1, 0.15) is 21.8 Å². The van der Waals surface area contributed by atoms with Gasteiger partial charge in [0.05, 0.1) is 26.9 Å². The molecule has 1 aliphatic heterocycles. The molecule has 1 fully saturated rings. The van der Waals surface area contributed by atoms with E-state index in [9.17, 15) is 14.7 Å². The molecular formula is C24H24N4O3S. The van der Waals surface area contributed by atoms with Crippen LogP contribution in [-0.2, 0) is 0 Å². The van der Waals surface area contributed by atoms with Crippen molar-refractivity contribution in [2.45, 2.75) is 19.4 Å². The average molecular weight is 449 g/mol. The summed E-state index contributed by atoms with van der Waals surface area (Å²) in [5.74, 6) is -0.0267. The van der Waals surface area contributed by atoms with Gasteiger partial charge >= 0.3 is 6.03 Å². The number of rotatable bonds is 3. The minimum absolute atomic E-state index is 0.0267. The number of amides is 2. The van der Waals surface area contributed by atoms with Crippen LogP contribution in [-0.4, -0.2) is 52.8 Å². The quantitative estimate of drug-likeness (QED) is 0.436. The van der Waals surface area contributed by atoms with Crippen LogP contribution in [0.5, 0.6) is 0 Å². The number of hydrogen-bond donors (Lipinski definition) is 3. The summed E-state index contributed by atoms with van der Waals surface area (Å²) in [4.78, 5) is 27.5. The van der Waals surface area contributed by atoms with Crippen LogP contribution in [0.4, 0.5) is 16.2 Å². The molecular weight excluding hydrogens is 424 g/mol. The molecule has 4 aromatic rings. The Bertz CT molecular complexity index is 1360. The van der Waals surface area contributed by atoms with Crippen molar-refractivity contribution in [3.63, 3.8) is 0 Å². The van der Waals surface area contributed by atoms with Gasteiger partial charge in [0.2, 0.25) is 0 Å². The number of aliphatic hydroxyl groups excluding tert-OH is 1. The maximum absolute atomic E-state index is 12.9. The number of anilines is 2. The van der Waals surface area contributed by atoms with Crippen molar-refractivity contribution >= 4 is 55.6 Å². The summed E-state index contributed by atoms with van der Waals surface area (Å²) in [5.41, 5.74) is 3.55. The summed E-state index contributed by atoms with van der Waals surface area (Å²) in [6, 6.07) is 15.6. The molecule has 0 saturated carbocycles. The number of hydrogen-bond acceptors (Lipinski definition) is 5. The number of nitrogens with zero attached hydrogens (tertiary/aromatic N) is 2. The number of aliphatic hydroxyl groups is 1. The fraction of sp³-hybridized carbons (Fsp3) is 0.250. The minimum Gasteiger partial charge on any atom is -0.391 e. The van der Waals surface area contributed by atoms with E-state index in [0.29, 0.717) is 24.4 Å². The van der Waals surface area contributed by atoms with Gasteiger partial charge in [0, 0.05) is 36.9 Å². The van der Waals surface area contributed by atoms with E-state index in [1.165, 1.54) is 11.3 Å². The van der Waals surface area contributed by atoms with E-state index in [1.807, 2.05) is 55.5 Å². The zero-order chi connectivity index (χ0) is 22.4. The summed E-state index contributed by atoms with van der Waals surface area (Å²) in [6.45, 7) is 2.90. The van der Waals surface area contributed by atoms with Gasteiger partial charge < -0.3 is 20.6 Å². The van der Waals surface area contributed by atoms with Crippen LogP contribution in [0.2, 0.25) is 0 Å². The van der Waals surface area contributed by atoms with Crippen molar-refractivity contribution < 1.29 is 14.7 Å². The first kappa shape index (κ1) is 20.5. The van der Waals surface area contributed by atoms with Crippen molar-refractivity contribution in [3.05, 3.63) is 59.1 Å². The number of nitrogens with one attached hydrogen (secondary N) is 2. The standard InChI is InChI=1S/C24H24N4O3S/c1-14-10-16-11-17(6-7-20(16)28(14)24(31)25-2)26-19-5-3-4-15-12-21(32-22(15)19)23(30)27-9-8-18(29)13-27/h3-7,10-12,18,26,29H,8-9,13H2,1-2H3,(H,25,31)/t18-/m1/s1. The fourth-order valence-electron chi connectivity index (χ4n) is 4.32. The predicted octanol–water partition coefficient (Wildman–Crippen LogP) is 4.30. The van der Waals surface area contributed by atoms with Crippen molar-refractivity contribution in [1.82, 2.24) is 14.8 Å². The first-order chi connectivity index (χ1) is 15.4. The molecule has 1 aliphatic rings. The highest BCUT2D eigenvalue weighted by molar-refractivity contribution is 7.21. The van der Waals surface area contributed by atoms with Gasteiger partial charge in [0.25, 0.3) is 5.91 Å². The van der Waals surface area contributed by atoms with E-state index in [-0.39, 0.29) is 11.9 Å². The van der Waals surface area contributed by atoms with Gasteiger partial charge in [-0.2, -0.15) is 0 Å². The monoisotopic (exact) mass is 448 g/mol. The Labute approximate surface area is 189 Å². The number of likely N-dealkylation sites (tertiary alicyclic amines) is 1. The van der Waals surface area contributed by atoms with Crippen LogP contribution in [0.15, 0.2) is 48.5 Å². The van der Waals surface area contributed by atoms with Crippen molar-refractivity contribution in [2.24, 2.45) is 0 Å². The molecule has 3 heterocycles. The summed E-state index contributed by atoms with van der Waals surface area (Å²) in [5, 5.41) is 17.9. The first-order valence-electron chi connectivity index (χ1n) is 10.6. The number of β-amino-alcohol motifs (C(OH)–C–C–N with tert-alkyl or cyclic N) is 1. The molecule has 0 bridgehead atoms. The lowest BCUT2D eigenvalue weighted by atomic mass is 10.2. The van der Waals surface area contributed by atoms with Crippen LogP contribution in [0.3, 0.4) is 0 Å². The van der Waals surface area contributed by atoms with Crippen LogP contribution in [0.25, 0.3) is 21.0 Å². The Morgan fingerprint density at radius 2 is 1.97 bits per heavy atom. The van der Waals surface area contributed by atoms with E-state index in [0.717, 1.165) is 38.1 Å². The van der Waals surface area contributed by atoms with Crippen molar-refractivity contribution in [2.75, 3.05) is 25.5 Å². The lowest BCUT2D eigenvalue weighted by molar-refractivity contribution is 0.0770. The Morgan fingerprint density at radius 3 is 2.72 bits per heavy atom. The molecule has 2 aromatic carbocycles. The van der Waals surface area contributed by atoms with Gasteiger partial charge in [-0.25, -0.2) is 4.79 Å². The van der Waals surface area contributed by atoms with E-state index < -0.39 is 6.10 Å². The van der Waals surface area contributed by atoms with Crippen LogP contribution < -0.4 is 10.6 Å². The first-order valence-corrected chi connectivity index (χ1v) is 11.4. The number of aromatic nitrogens is 1. The second kappa shape index (κ2) is 7.96. The zero-order valence-electron chi connectivity index (χ0n) is 17.9. The Kier molecular flexibility index (Phi) is 5.11. The Morgan fingerprint density at radius 1 is 1.12 bits per heavy atom. The molecule has 7 nitrogen and oxygen atoms in total. The molecule has 0 spiro atoms. The van der Waals surface area contributed by atoms with E-state index in [2.05, 4.69) is 10.6 Å². The van der Waals surface area contributed by atoms with Gasteiger partial charge in [0.15, 0.2) is 0 Å². The number of carbonyl (C=O) groups excluding carboxylic acids is 2. The minimum atomic E-state index is -0.428.